The van der Waals surface area contributed by atoms with Gasteiger partial charge < -0.3 is 5.21 Å². The molecule has 0 radical (unpaired) electrons. The molecule has 0 heterocycles. The fourth-order valence-electron chi connectivity index (χ4n) is 3.34. The van der Waals surface area contributed by atoms with Crippen LogP contribution in [0.2, 0.25) is 0 Å². The second kappa shape index (κ2) is 8.66. The Morgan fingerprint density at radius 2 is 0.750 bits per heavy atom. The molecule has 4 aromatic carbocycles. The molecule has 0 unspecified atom stereocenters. The van der Waals surface area contributed by atoms with Crippen molar-refractivity contribution in [2.24, 2.45) is 0 Å². The Morgan fingerprint density at radius 1 is 0.429 bits per heavy atom. The average molecular weight is 365 g/mol. The molecule has 0 saturated carbocycles. The van der Waals surface area contributed by atoms with E-state index in [0.717, 1.165) is 11.1 Å². The number of benzene rings is 4. The summed E-state index contributed by atoms with van der Waals surface area (Å²) in [7, 11) is 0. The standard InChI is InChI=1S/C26H23NO/c28-27(19-21-11-15-25(16-12-21)23-7-3-1-4-8-23)20-22-13-17-26(18-14-22)24-9-5-2-6-10-24/h1-18,28H,19-20H2. The largest absolute Gasteiger partial charge is 0.313 e. The molecule has 0 aliphatic rings. The van der Waals surface area contributed by atoms with Crippen molar-refractivity contribution in [2.75, 3.05) is 0 Å². The Hall–Kier alpha value is -3.20. The highest BCUT2D eigenvalue weighted by Gasteiger charge is 2.05. The Bertz CT molecular complexity index is 909. The Morgan fingerprint density at radius 3 is 1.11 bits per heavy atom. The Labute approximate surface area is 166 Å². The van der Waals surface area contributed by atoms with Crippen molar-refractivity contribution in [3.63, 3.8) is 0 Å². The highest BCUT2D eigenvalue weighted by molar-refractivity contribution is 5.64. The summed E-state index contributed by atoms with van der Waals surface area (Å²) >= 11 is 0. The molecule has 0 bridgehead atoms. The summed E-state index contributed by atoms with van der Waals surface area (Å²) in [6.07, 6.45) is 0. The minimum Gasteiger partial charge on any atom is -0.313 e. The van der Waals surface area contributed by atoms with E-state index in [1.165, 1.54) is 27.3 Å². The van der Waals surface area contributed by atoms with Crippen LogP contribution >= 0.6 is 0 Å². The van der Waals surface area contributed by atoms with E-state index in [1.807, 2.05) is 36.4 Å². The third-order valence-electron chi connectivity index (χ3n) is 4.85. The van der Waals surface area contributed by atoms with E-state index >= 15 is 0 Å². The molecule has 0 aliphatic heterocycles. The first-order valence-corrected chi connectivity index (χ1v) is 9.50. The third kappa shape index (κ3) is 4.55. The van der Waals surface area contributed by atoms with Crippen LogP contribution in [0.1, 0.15) is 11.1 Å². The smallest absolute Gasteiger partial charge is 0.0492 e. The van der Waals surface area contributed by atoms with Crippen LogP contribution in [-0.4, -0.2) is 10.3 Å². The summed E-state index contributed by atoms with van der Waals surface area (Å²) in [5.41, 5.74) is 6.95. The lowest BCUT2D eigenvalue weighted by Crippen LogP contribution is -2.17. The van der Waals surface area contributed by atoms with Gasteiger partial charge in [-0.25, -0.2) is 0 Å². The molecule has 2 nitrogen and oxygen atoms in total. The third-order valence-corrected chi connectivity index (χ3v) is 4.85. The highest BCUT2D eigenvalue weighted by atomic mass is 16.5. The minimum absolute atomic E-state index is 0.496. The lowest BCUT2D eigenvalue weighted by Gasteiger charge is -2.15. The molecule has 28 heavy (non-hydrogen) atoms. The molecule has 1 N–H and O–H groups in total. The van der Waals surface area contributed by atoms with Crippen molar-refractivity contribution in [2.45, 2.75) is 13.1 Å². The topological polar surface area (TPSA) is 23.5 Å². The van der Waals surface area contributed by atoms with E-state index < -0.39 is 0 Å². The number of hydrogen-bond acceptors (Lipinski definition) is 2. The van der Waals surface area contributed by atoms with Crippen LogP contribution in [-0.2, 0) is 13.1 Å². The Kier molecular flexibility index (Phi) is 5.62. The predicted molar refractivity (Wildman–Crippen MR) is 115 cm³/mol. The van der Waals surface area contributed by atoms with Gasteiger partial charge in [-0.1, -0.05) is 109 Å². The van der Waals surface area contributed by atoms with E-state index in [1.54, 1.807) is 0 Å². The Balaban J connectivity index is 1.37. The van der Waals surface area contributed by atoms with Crippen LogP contribution in [0.5, 0.6) is 0 Å². The molecule has 0 atom stereocenters. The summed E-state index contributed by atoms with van der Waals surface area (Å²) < 4.78 is 0. The van der Waals surface area contributed by atoms with Crippen LogP contribution in [0.3, 0.4) is 0 Å². The van der Waals surface area contributed by atoms with Crippen LogP contribution in [0, 0.1) is 0 Å². The van der Waals surface area contributed by atoms with Gasteiger partial charge in [0.25, 0.3) is 0 Å². The monoisotopic (exact) mass is 365 g/mol. The maximum atomic E-state index is 10.4. The van der Waals surface area contributed by atoms with E-state index in [9.17, 15) is 5.21 Å². The van der Waals surface area contributed by atoms with Crippen LogP contribution in [0.4, 0.5) is 0 Å². The SMILES string of the molecule is ON(Cc1ccc(-c2ccccc2)cc1)Cc1ccc(-c2ccccc2)cc1. The summed E-state index contributed by atoms with van der Waals surface area (Å²) in [4.78, 5) is 0. The molecule has 0 fully saturated rings. The molecule has 4 aromatic rings. The van der Waals surface area contributed by atoms with E-state index in [4.69, 9.17) is 0 Å². The van der Waals surface area contributed by atoms with Gasteiger partial charge in [-0.15, -0.1) is 0 Å². The van der Waals surface area contributed by atoms with Gasteiger partial charge in [0.15, 0.2) is 0 Å². The first-order valence-electron chi connectivity index (χ1n) is 9.50. The molecule has 0 aromatic heterocycles. The van der Waals surface area contributed by atoms with Gasteiger partial charge in [0.2, 0.25) is 0 Å². The van der Waals surface area contributed by atoms with Gasteiger partial charge in [-0.05, 0) is 33.4 Å². The number of hydroxylamine groups is 2. The first kappa shape index (κ1) is 18.2. The first-order chi connectivity index (χ1) is 13.8. The van der Waals surface area contributed by atoms with Crippen molar-refractivity contribution >= 4 is 0 Å². The van der Waals surface area contributed by atoms with Crippen LogP contribution in [0.25, 0.3) is 22.3 Å². The van der Waals surface area contributed by atoms with Gasteiger partial charge >= 0.3 is 0 Å². The van der Waals surface area contributed by atoms with Crippen molar-refractivity contribution in [3.05, 3.63) is 120 Å². The predicted octanol–water partition coefficient (Wildman–Crippen LogP) is 6.41. The molecule has 0 spiro atoms. The van der Waals surface area contributed by atoms with Crippen molar-refractivity contribution in [3.8, 4) is 22.3 Å². The molecule has 0 saturated heterocycles. The van der Waals surface area contributed by atoms with E-state index in [0.29, 0.717) is 13.1 Å². The van der Waals surface area contributed by atoms with Gasteiger partial charge in [0, 0.05) is 13.1 Å². The maximum Gasteiger partial charge on any atom is 0.0492 e. The van der Waals surface area contributed by atoms with Crippen molar-refractivity contribution in [1.82, 2.24) is 5.06 Å². The van der Waals surface area contributed by atoms with Crippen molar-refractivity contribution in [1.29, 1.82) is 0 Å². The fourth-order valence-corrected chi connectivity index (χ4v) is 3.34. The summed E-state index contributed by atoms with van der Waals surface area (Å²) in [6, 6.07) is 37.3. The lowest BCUT2D eigenvalue weighted by atomic mass is 10.0. The zero-order valence-electron chi connectivity index (χ0n) is 15.7. The molecule has 138 valence electrons. The average Bonchev–Trinajstić information content (AvgIpc) is 2.76. The van der Waals surface area contributed by atoms with Crippen molar-refractivity contribution < 1.29 is 5.21 Å². The van der Waals surface area contributed by atoms with Gasteiger partial charge in [-0.3, -0.25) is 0 Å². The van der Waals surface area contributed by atoms with Gasteiger partial charge in [-0.2, -0.15) is 5.06 Å². The zero-order chi connectivity index (χ0) is 19.2. The molecular weight excluding hydrogens is 342 g/mol. The number of hydrogen-bond donors (Lipinski definition) is 1. The molecule has 4 rings (SSSR count). The lowest BCUT2D eigenvalue weighted by molar-refractivity contribution is -0.108. The second-order valence-corrected chi connectivity index (χ2v) is 6.95. The van der Waals surface area contributed by atoms with Gasteiger partial charge in [0.1, 0.15) is 0 Å². The maximum absolute atomic E-state index is 10.4. The molecule has 0 aliphatic carbocycles. The number of rotatable bonds is 6. The van der Waals surface area contributed by atoms with Gasteiger partial charge in [0.05, 0.1) is 0 Å². The summed E-state index contributed by atoms with van der Waals surface area (Å²) in [5, 5.41) is 11.7. The minimum atomic E-state index is 0.496. The summed E-state index contributed by atoms with van der Waals surface area (Å²) in [5.74, 6) is 0. The number of nitrogens with zero attached hydrogens (tertiary/aromatic N) is 1. The highest BCUT2D eigenvalue weighted by Crippen LogP contribution is 2.21. The molecule has 2 heteroatoms. The van der Waals surface area contributed by atoms with E-state index in [-0.39, 0.29) is 0 Å². The van der Waals surface area contributed by atoms with Crippen LogP contribution in [0.15, 0.2) is 109 Å². The zero-order valence-corrected chi connectivity index (χ0v) is 15.7. The van der Waals surface area contributed by atoms with Crippen LogP contribution < -0.4 is 0 Å². The molecule has 0 amide bonds. The second-order valence-electron chi connectivity index (χ2n) is 6.95. The molecular formula is C26H23NO. The summed E-state index contributed by atoms with van der Waals surface area (Å²) in [6.45, 7) is 0.991. The van der Waals surface area contributed by atoms with E-state index in [2.05, 4.69) is 72.8 Å². The normalized spacial score (nSPS) is 10.9. The quantitative estimate of drug-likeness (QED) is 0.399. The fraction of sp³-hybridized carbons (Fsp3) is 0.0769.